The van der Waals surface area contributed by atoms with Crippen molar-refractivity contribution in [2.45, 2.75) is 36.5 Å². The second-order valence-electron chi connectivity index (χ2n) is 8.00. The fourth-order valence-corrected chi connectivity index (χ4v) is 6.37. The minimum absolute atomic E-state index is 0.106. The number of hydroxylamine groups is 2. The summed E-state index contributed by atoms with van der Waals surface area (Å²) in [6, 6.07) is 7.25. The molecule has 2 aliphatic rings. The summed E-state index contributed by atoms with van der Waals surface area (Å²) in [5, 5.41) is 36.4. The Morgan fingerprint density at radius 1 is 1.32 bits per heavy atom. The number of tetrazole rings is 2. The number of carboxylic acids is 1. The first kappa shape index (κ1) is 24.7. The highest BCUT2D eigenvalue weighted by atomic mass is 32.2. The number of β-lactam (4-membered cyclic amide) rings is 1. The molecule has 192 valence electrons. The van der Waals surface area contributed by atoms with Gasteiger partial charge in [-0.3, -0.25) is 14.5 Å². The summed E-state index contributed by atoms with van der Waals surface area (Å²) in [6.07, 6.45) is 0. The van der Waals surface area contributed by atoms with Crippen molar-refractivity contribution in [2.75, 3.05) is 11.5 Å². The number of nitrogens with one attached hydrogen (secondary N) is 1. The molecule has 1 unspecified atom stereocenters. The molecule has 3 aromatic rings. The molecular weight excluding hydrogens is 524 g/mol. The number of benzene rings is 1. The van der Waals surface area contributed by atoms with Crippen molar-refractivity contribution in [1.29, 1.82) is 0 Å². The molecule has 1 saturated heterocycles. The second-order valence-corrected chi connectivity index (χ2v) is 10.0. The number of hydrogen-bond donors (Lipinski definition) is 2. The quantitative estimate of drug-likeness (QED) is 0.214. The molecule has 4 heterocycles. The van der Waals surface area contributed by atoms with Crippen molar-refractivity contribution in [3.8, 4) is 5.75 Å². The largest absolute Gasteiger partial charge is 0.477 e. The summed E-state index contributed by atoms with van der Waals surface area (Å²) in [5.41, 5.74) is 0.427. The maximum Gasteiger partial charge on any atom is 0.352 e. The molecule has 0 bridgehead atoms. The number of hydrogen-bond acceptors (Lipinski definition) is 12. The average molecular weight is 545 g/mol. The van der Waals surface area contributed by atoms with Crippen molar-refractivity contribution in [2.24, 2.45) is 0 Å². The van der Waals surface area contributed by atoms with E-state index in [1.807, 2.05) is 0 Å². The number of carbonyl (C=O) groups excluding carboxylic acids is 2. The van der Waals surface area contributed by atoms with Crippen LogP contribution >= 0.6 is 23.5 Å². The van der Waals surface area contributed by atoms with Crippen LogP contribution in [-0.2, 0) is 14.4 Å². The first-order valence-corrected chi connectivity index (χ1v) is 13.0. The van der Waals surface area contributed by atoms with Crippen LogP contribution in [0.1, 0.15) is 25.7 Å². The first-order valence-electron chi connectivity index (χ1n) is 10.9. The maximum absolute atomic E-state index is 13.2. The number of para-hydroxylation sites is 1. The third kappa shape index (κ3) is 4.62. The van der Waals surface area contributed by atoms with Crippen LogP contribution in [-0.4, -0.2) is 96.6 Å². The molecule has 0 radical (unpaired) electrons. The molecule has 0 spiro atoms. The van der Waals surface area contributed by atoms with Gasteiger partial charge in [-0.05, 0) is 35.1 Å². The standard InChI is InChI=1S/C20H20N10O5S2/c1-10(16-21-24-25-22-16)29-20(23-26-27-29)37-9-12-8-36-18-15(17(32)28(18)14(12)19(33)34)30(11(2)31)35-13-6-4-3-5-7-13/h3-7,10,15,18H,8-9H2,1-2H3,(H,33,34)(H,21,22,24,25)/t10?,15-,18+/m1/s1. The zero-order valence-electron chi connectivity index (χ0n) is 19.5. The Balaban J connectivity index is 1.34. The summed E-state index contributed by atoms with van der Waals surface area (Å²) in [5.74, 6) is -0.883. The Morgan fingerprint density at radius 3 is 2.78 bits per heavy atom. The first-order chi connectivity index (χ1) is 17.9. The molecule has 2 N–H and O–H groups in total. The number of aliphatic carboxylic acids is 1. The van der Waals surface area contributed by atoms with E-state index in [1.54, 1.807) is 37.3 Å². The van der Waals surface area contributed by atoms with E-state index < -0.39 is 35.2 Å². The number of H-pyrrole nitrogens is 1. The predicted octanol–water partition coefficient (Wildman–Crippen LogP) is 0.353. The van der Waals surface area contributed by atoms with Gasteiger partial charge < -0.3 is 9.94 Å². The number of amides is 2. The van der Waals surface area contributed by atoms with E-state index in [4.69, 9.17) is 4.84 Å². The van der Waals surface area contributed by atoms with Gasteiger partial charge in [0.05, 0.1) is 0 Å². The Kier molecular flexibility index (Phi) is 6.79. The van der Waals surface area contributed by atoms with Gasteiger partial charge in [-0.15, -0.1) is 27.1 Å². The van der Waals surface area contributed by atoms with Crippen LogP contribution in [0.4, 0.5) is 0 Å². The lowest BCUT2D eigenvalue weighted by molar-refractivity contribution is -0.187. The molecule has 17 heteroatoms. The number of thioether (sulfide) groups is 2. The highest BCUT2D eigenvalue weighted by Crippen LogP contribution is 2.43. The fourth-order valence-electron chi connectivity index (χ4n) is 3.90. The van der Waals surface area contributed by atoms with Crippen LogP contribution in [0.15, 0.2) is 46.8 Å². The summed E-state index contributed by atoms with van der Waals surface area (Å²) in [4.78, 5) is 44.7. The van der Waals surface area contributed by atoms with Gasteiger partial charge in [-0.25, -0.2) is 9.48 Å². The van der Waals surface area contributed by atoms with Crippen LogP contribution < -0.4 is 4.84 Å². The minimum Gasteiger partial charge on any atom is -0.477 e. The van der Waals surface area contributed by atoms with E-state index in [1.165, 1.54) is 40.0 Å². The molecule has 1 aromatic carbocycles. The van der Waals surface area contributed by atoms with Crippen LogP contribution in [0.3, 0.4) is 0 Å². The number of carbonyl (C=O) groups is 3. The lowest BCUT2D eigenvalue weighted by Crippen LogP contribution is -2.71. The molecule has 0 saturated carbocycles. The number of aromatic amines is 1. The zero-order valence-corrected chi connectivity index (χ0v) is 21.1. The molecular formula is C20H20N10O5S2. The van der Waals surface area contributed by atoms with Gasteiger partial charge in [-0.2, -0.15) is 10.3 Å². The minimum atomic E-state index is -1.23. The topological polar surface area (TPSA) is 185 Å². The normalized spacial score (nSPS) is 19.7. The number of carboxylic acid groups (broad SMARTS) is 1. The Morgan fingerprint density at radius 2 is 2.11 bits per heavy atom. The van der Waals surface area contributed by atoms with E-state index in [0.717, 1.165) is 5.06 Å². The smallest absolute Gasteiger partial charge is 0.352 e. The molecule has 2 aliphatic heterocycles. The molecule has 1 fully saturated rings. The van der Waals surface area contributed by atoms with Crippen molar-refractivity contribution in [1.82, 2.24) is 50.8 Å². The van der Waals surface area contributed by atoms with Crippen molar-refractivity contribution in [3.05, 3.63) is 47.4 Å². The highest BCUT2D eigenvalue weighted by Gasteiger charge is 2.58. The van der Waals surface area contributed by atoms with E-state index in [9.17, 15) is 19.5 Å². The van der Waals surface area contributed by atoms with Gasteiger partial charge in [0.1, 0.15) is 17.1 Å². The lowest BCUT2D eigenvalue weighted by atomic mass is 10.0. The molecule has 3 atom stereocenters. The van der Waals surface area contributed by atoms with Crippen LogP contribution in [0.5, 0.6) is 5.75 Å². The number of rotatable bonds is 9. The highest BCUT2D eigenvalue weighted by molar-refractivity contribution is 8.01. The molecule has 0 aliphatic carbocycles. The summed E-state index contributed by atoms with van der Waals surface area (Å²) < 4.78 is 1.51. The van der Waals surface area contributed by atoms with Crippen molar-refractivity contribution in [3.63, 3.8) is 0 Å². The van der Waals surface area contributed by atoms with Crippen molar-refractivity contribution >= 4 is 41.3 Å². The third-order valence-corrected chi connectivity index (χ3v) is 8.02. The molecule has 2 aromatic heterocycles. The second kappa shape index (κ2) is 10.2. The zero-order chi connectivity index (χ0) is 26.1. The van der Waals surface area contributed by atoms with Gasteiger partial charge in [0.2, 0.25) is 5.16 Å². The molecule has 2 amide bonds. The van der Waals surface area contributed by atoms with Gasteiger partial charge in [-0.1, -0.05) is 35.2 Å². The van der Waals surface area contributed by atoms with Gasteiger partial charge >= 0.3 is 5.97 Å². The van der Waals surface area contributed by atoms with Crippen LogP contribution in [0.25, 0.3) is 0 Å². The van der Waals surface area contributed by atoms with E-state index in [2.05, 4.69) is 36.1 Å². The predicted molar refractivity (Wildman–Crippen MR) is 128 cm³/mol. The van der Waals surface area contributed by atoms with Gasteiger partial charge in [0.15, 0.2) is 17.6 Å². The lowest BCUT2D eigenvalue weighted by Gasteiger charge is -2.51. The van der Waals surface area contributed by atoms with Crippen LogP contribution in [0.2, 0.25) is 0 Å². The molecule has 15 nitrogen and oxygen atoms in total. The Bertz CT molecular complexity index is 1350. The van der Waals surface area contributed by atoms with E-state index >= 15 is 0 Å². The summed E-state index contributed by atoms with van der Waals surface area (Å²) in [6.45, 7) is 3.09. The molecule has 37 heavy (non-hydrogen) atoms. The summed E-state index contributed by atoms with van der Waals surface area (Å²) in [7, 11) is 0. The number of fused-ring (bicyclic) bond motifs is 1. The fraction of sp³-hybridized carbons (Fsp3) is 0.350. The number of nitrogens with zero attached hydrogens (tertiary/aromatic N) is 9. The van der Waals surface area contributed by atoms with Gasteiger partial charge in [0, 0.05) is 18.4 Å². The third-order valence-electron chi connectivity index (χ3n) is 5.67. The van der Waals surface area contributed by atoms with E-state index in [0.29, 0.717) is 28.1 Å². The number of aromatic nitrogens is 8. The SMILES string of the molecule is CC(=O)N(Oc1ccccc1)[C@@H]1C(=O)N2C(C(=O)O)=C(CSc3nnnn3C(C)c3nn[nH]n3)CS[C@@H]12. The van der Waals surface area contributed by atoms with E-state index in [-0.39, 0.29) is 11.4 Å². The van der Waals surface area contributed by atoms with Crippen molar-refractivity contribution < 1.29 is 24.3 Å². The average Bonchev–Trinajstić information content (AvgIpc) is 3.59. The molecule has 5 rings (SSSR count). The Labute approximate surface area is 217 Å². The Hall–Kier alpha value is -3.99. The van der Waals surface area contributed by atoms with Crippen LogP contribution in [0, 0.1) is 0 Å². The summed E-state index contributed by atoms with van der Waals surface area (Å²) >= 11 is 2.59. The maximum atomic E-state index is 13.2. The van der Waals surface area contributed by atoms with Gasteiger partial charge in [0.25, 0.3) is 11.8 Å². The monoisotopic (exact) mass is 544 g/mol.